The summed E-state index contributed by atoms with van der Waals surface area (Å²) in [5.74, 6) is -0.338. The van der Waals surface area contributed by atoms with E-state index in [1.807, 2.05) is 0 Å². The highest BCUT2D eigenvalue weighted by Crippen LogP contribution is 2.33. The third-order valence-corrected chi connectivity index (χ3v) is 2.98. The van der Waals surface area contributed by atoms with Gasteiger partial charge in [-0.25, -0.2) is 4.39 Å². The number of nitrogens with two attached hydrogens (primary N) is 1. The van der Waals surface area contributed by atoms with Crippen molar-refractivity contribution in [1.82, 2.24) is 0 Å². The van der Waals surface area contributed by atoms with E-state index in [0.717, 1.165) is 30.4 Å². The predicted molar refractivity (Wildman–Crippen MR) is 51.3 cm³/mol. The van der Waals surface area contributed by atoms with Crippen LogP contribution in [-0.2, 0) is 6.42 Å². The van der Waals surface area contributed by atoms with Crippen LogP contribution in [0.1, 0.15) is 30.0 Å². The summed E-state index contributed by atoms with van der Waals surface area (Å²) in [7, 11) is 0. The van der Waals surface area contributed by atoms with Gasteiger partial charge in [-0.2, -0.15) is 0 Å². The van der Waals surface area contributed by atoms with E-state index in [1.165, 1.54) is 6.07 Å². The average Bonchev–Trinajstić information content (AvgIpc) is 2.12. The minimum atomic E-state index is -0.338. The number of benzene rings is 1. The van der Waals surface area contributed by atoms with Crippen LogP contribution in [0.15, 0.2) is 12.1 Å². The molecule has 0 heterocycles. The minimum Gasteiger partial charge on any atom is -0.324 e. The first-order chi connectivity index (χ1) is 6.20. The van der Waals surface area contributed by atoms with Gasteiger partial charge in [0.15, 0.2) is 0 Å². The van der Waals surface area contributed by atoms with Gasteiger partial charge < -0.3 is 5.73 Å². The molecule has 0 fully saturated rings. The fourth-order valence-corrected chi connectivity index (χ4v) is 2.13. The molecule has 1 atom stereocenters. The third kappa shape index (κ3) is 1.45. The normalized spacial score (nSPS) is 21.3. The molecule has 1 nitrogen and oxygen atoms in total. The molecule has 0 unspecified atom stereocenters. The van der Waals surface area contributed by atoms with Crippen molar-refractivity contribution in [2.45, 2.75) is 25.3 Å². The Morgan fingerprint density at radius 3 is 3.00 bits per heavy atom. The Kier molecular flexibility index (Phi) is 2.26. The van der Waals surface area contributed by atoms with Crippen molar-refractivity contribution >= 4 is 11.6 Å². The summed E-state index contributed by atoms with van der Waals surface area (Å²) in [6, 6.07) is 3.18. The van der Waals surface area contributed by atoms with Crippen LogP contribution in [0, 0.1) is 5.82 Å². The molecule has 1 aliphatic carbocycles. The summed E-state index contributed by atoms with van der Waals surface area (Å²) in [4.78, 5) is 0. The van der Waals surface area contributed by atoms with Crippen molar-refractivity contribution in [1.29, 1.82) is 0 Å². The van der Waals surface area contributed by atoms with E-state index < -0.39 is 0 Å². The Labute approximate surface area is 81.7 Å². The van der Waals surface area contributed by atoms with Crippen molar-refractivity contribution < 1.29 is 4.39 Å². The third-order valence-electron chi connectivity index (χ3n) is 2.57. The van der Waals surface area contributed by atoms with Gasteiger partial charge in [0.1, 0.15) is 5.82 Å². The van der Waals surface area contributed by atoms with Gasteiger partial charge in [0, 0.05) is 6.04 Å². The highest BCUT2D eigenvalue weighted by Gasteiger charge is 2.20. The van der Waals surface area contributed by atoms with Crippen LogP contribution < -0.4 is 5.73 Å². The van der Waals surface area contributed by atoms with E-state index in [2.05, 4.69) is 0 Å². The van der Waals surface area contributed by atoms with Crippen LogP contribution in [0.3, 0.4) is 0 Å². The second-order valence-corrected chi connectivity index (χ2v) is 3.81. The number of rotatable bonds is 0. The molecule has 0 aliphatic heterocycles. The van der Waals surface area contributed by atoms with Gasteiger partial charge in [0.2, 0.25) is 0 Å². The van der Waals surface area contributed by atoms with Crippen LogP contribution >= 0.6 is 11.6 Å². The molecule has 3 heteroatoms. The van der Waals surface area contributed by atoms with Crippen LogP contribution in [0.5, 0.6) is 0 Å². The number of hydrogen-bond acceptors (Lipinski definition) is 1. The van der Waals surface area contributed by atoms with E-state index in [-0.39, 0.29) is 16.9 Å². The zero-order valence-corrected chi connectivity index (χ0v) is 7.94. The first-order valence-electron chi connectivity index (χ1n) is 4.42. The zero-order chi connectivity index (χ0) is 9.42. The van der Waals surface area contributed by atoms with Crippen molar-refractivity contribution in [3.63, 3.8) is 0 Å². The summed E-state index contributed by atoms with van der Waals surface area (Å²) < 4.78 is 13.1. The number of hydrogen-bond donors (Lipinski definition) is 1. The van der Waals surface area contributed by atoms with Gasteiger partial charge in [0.05, 0.1) is 5.02 Å². The molecule has 0 saturated heterocycles. The maximum absolute atomic E-state index is 13.1. The Bertz CT molecular complexity index is 338. The van der Waals surface area contributed by atoms with E-state index >= 15 is 0 Å². The van der Waals surface area contributed by atoms with E-state index in [1.54, 1.807) is 6.07 Å². The molecule has 1 aromatic rings. The number of halogens is 2. The molecule has 0 radical (unpaired) electrons. The summed E-state index contributed by atoms with van der Waals surface area (Å²) in [6.07, 6.45) is 2.81. The SMILES string of the molecule is N[C@@H]1CCCc2c1ccc(F)c2Cl. The standard InChI is InChI=1S/C10H11ClFN/c11-10-7-2-1-3-9(13)6(7)4-5-8(10)12/h4-5,9H,1-3,13H2/t9-/m1/s1. The molecule has 2 rings (SSSR count). The second kappa shape index (κ2) is 3.28. The van der Waals surface area contributed by atoms with Crippen LogP contribution in [0.4, 0.5) is 4.39 Å². The monoisotopic (exact) mass is 199 g/mol. The van der Waals surface area contributed by atoms with E-state index in [9.17, 15) is 4.39 Å². The van der Waals surface area contributed by atoms with E-state index in [4.69, 9.17) is 17.3 Å². The van der Waals surface area contributed by atoms with Crippen LogP contribution in [0.25, 0.3) is 0 Å². The van der Waals surface area contributed by atoms with E-state index in [0.29, 0.717) is 0 Å². The quantitative estimate of drug-likeness (QED) is 0.683. The predicted octanol–water partition coefficient (Wildman–Crippen LogP) is 2.82. The lowest BCUT2D eigenvalue weighted by molar-refractivity contribution is 0.560. The van der Waals surface area contributed by atoms with Gasteiger partial charge in [-0.15, -0.1) is 0 Å². The molecular weight excluding hydrogens is 189 g/mol. The molecule has 0 amide bonds. The van der Waals surface area contributed by atoms with Crippen molar-refractivity contribution in [3.8, 4) is 0 Å². The Morgan fingerprint density at radius 2 is 2.23 bits per heavy atom. The molecule has 1 aromatic carbocycles. The lowest BCUT2D eigenvalue weighted by atomic mass is 9.88. The van der Waals surface area contributed by atoms with Gasteiger partial charge in [-0.1, -0.05) is 17.7 Å². The molecule has 0 saturated carbocycles. The molecular formula is C10H11ClFN. The highest BCUT2D eigenvalue weighted by molar-refractivity contribution is 6.31. The first kappa shape index (κ1) is 8.97. The molecule has 13 heavy (non-hydrogen) atoms. The van der Waals surface area contributed by atoms with Crippen LogP contribution in [0.2, 0.25) is 5.02 Å². The molecule has 70 valence electrons. The fourth-order valence-electron chi connectivity index (χ4n) is 1.86. The first-order valence-corrected chi connectivity index (χ1v) is 4.80. The van der Waals surface area contributed by atoms with Crippen molar-refractivity contribution in [2.75, 3.05) is 0 Å². The zero-order valence-electron chi connectivity index (χ0n) is 7.19. The largest absolute Gasteiger partial charge is 0.324 e. The molecule has 0 spiro atoms. The fraction of sp³-hybridized carbons (Fsp3) is 0.400. The van der Waals surface area contributed by atoms with Gasteiger partial charge >= 0.3 is 0 Å². The molecule has 0 bridgehead atoms. The van der Waals surface area contributed by atoms with Crippen molar-refractivity contribution in [3.05, 3.63) is 34.1 Å². The highest BCUT2D eigenvalue weighted by atomic mass is 35.5. The van der Waals surface area contributed by atoms with Gasteiger partial charge in [-0.05, 0) is 36.5 Å². The summed E-state index contributed by atoms with van der Waals surface area (Å²) in [5, 5.41) is 0.257. The summed E-state index contributed by atoms with van der Waals surface area (Å²) in [6.45, 7) is 0. The maximum atomic E-state index is 13.1. The van der Waals surface area contributed by atoms with Crippen LogP contribution in [-0.4, -0.2) is 0 Å². The summed E-state index contributed by atoms with van der Waals surface area (Å²) >= 11 is 5.85. The number of fused-ring (bicyclic) bond motifs is 1. The van der Waals surface area contributed by atoms with Crippen molar-refractivity contribution in [2.24, 2.45) is 5.73 Å². The summed E-state index contributed by atoms with van der Waals surface area (Å²) in [5.41, 5.74) is 7.80. The maximum Gasteiger partial charge on any atom is 0.142 e. The molecule has 1 aliphatic rings. The Morgan fingerprint density at radius 1 is 1.46 bits per heavy atom. The van der Waals surface area contributed by atoms with Gasteiger partial charge in [-0.3, -0.25) is 0 Å². The smallest absolute Gasteiger partial charge is 0.142 e. The lowest BCUT2D eigenvalue weighted by Gasteiger charge is -2.23. The molecule has 0 aromatic heterocycles. The Balaban J connectivity index is 2.56. The van der Waals surface area contributed by atoms with Gasteiger partial charge in [0.25, 0.3) is 0 Å². The minimum absolute atomic E-state index is 0.0295. The average molecular weight is 200 g/mol. The Hall–Kier alpha value is -0.600. The topological polar surface area (TPSA) is 26.0 Å². The second-order valence-electron chi connectivity index (χ2n) is 3.43. The lowest BCUT2D eigenvalue weighted by Crippen LogP contribution is -2.17. The molecule has 2 N–H and O–H groups in total.